The topological polar surface area (TPSA) is 44.8 Å². The van der Waals surface area contributed by atoms with Crippen LogP contribution in [0.2, 0.25) is 0 Å². The van der Waals surface area contributed by atoms with E-state index in [0.717, 1.165) is 6.42 Å². The maximum atomic E-state index is 10.7. The summed E-state index contributed by atoms with van der Waals surface area (Å²) in [5.74, 6) is -0.225. The van der Waals surface area contributed by atoms with E-state index in [-0.39, 0.29) is 12.1 Å². The van der Waals surface area contributed by atoms with Crippen molar-refractivity contribution in [3.8, 4) is 0 Å². The van der Waals surface area contributed by atoms with Gasteiger partial charge in [-0.25, -0.2) is 0 Å². The van der Waals surface area contributed by atoms with Gasteiger partial charge in [-0.15, -0.1) is 0 Å². The molecule has 1 aliphatic rings. The zero-order valence-corrected chi connectivity index (χ0v) is 6.54. The highest BCUT2D eigenvalue weighted by molar-refractivity contribution is 5.69. The van der Waals surface area contributed by atoms with Crippen molar-refractivity contribution in [1.82, 2.24) is 0 Å². The molecule has 11 heavy (non-hydrogen) atoms. The van der Waals surface area contributed by atoms with E-state index in [9.17, 15) is 4.79 Å². The highest BCUT2D eigenvalue weighted by Crippen LogP contribution is 2.09. The lowest BCUT2D eigenvalue weighted by molar-refractivity contribution is -0.160. The molecule has 0 N–H and O–H groups in total. The Hall–Kier alpha value is -0.610. The number of carbonyl (C=O) groups is 1. The van der Waals surface area contributed by atoms with Gasteiger partial charge in [0.05, 0.1) is 26.2 Å². The number of esters is 1. The summed E-state index contributed by atoms with van der Waals surface area (Å²) in [6.07, 6.45) is 1.09. The fraction of sp³-hybridized carbons (Fsp3) is 0.857. The van der Waals surface area contributed by atoms with Crippen LogP contribution >= 0.6 is 0 Å². The first kappa shape index (κ1) is 8.49. The average Bonchev–Trinajstić information content (AvgIpc) is 2.06. The molecule has 0 aliphatic carbocycles. The van der Waals surface area contributed by atoms with Crippen LogP contribution in [0.5, 0.6) is 0 Å². The molecule has 1 aliphatic heterocycles. The lowest BCUT2D eigenvalue weighted by atomic mass is 10.2. The molecule has 1 atom stereocenters. The SMILES string of the molecule is COC(=O)C[C@H]1CCOCO1. The first-order valence-electron chi connectivity index (χ1n) is 3.59. The van der Waals surface area contributed by atoms with Crippen molar-refractivity contribution in [1.29, 1.82) is 0 Å². The summed E-state index contributed by atoms with van der Waals surface area (Å²) in [5.41, 5.74) is 0. The molecular weight excluding hydrogens is 148 g/mol. The maximum absolute atomic E-state index is 10.7. The summed E-state index contributed by atoms with van der Waals surface area (Å²) < 4.78 is 14.6. The number of ether oxygens (including phenoxy) is 3. The van der Waals surface area contributed by atoms with Gasteiger partial charge in [-0.3, -0.25) is 4.79 Å². The van der Waals surface area contributed by atoms with Crippen molar-refractivity contribution < 1.29 is 19.0 Å². The van der Waals surface area contributed by atoms with Gasteiger partial charge in [-0.05, 0) is 6.42 Å². The largest absolute Gasteiger partial charge is 0.469 e. The van der Waals surface area contributed by atoms with Crippen molar-refractivity contribution in [3.63, 3.8) is 0 Å². The molecule has 0 bridgehead atoms. The van der Waals surface area contributed by atoms with Gasteiger partial charge >= 0.3 is 5.97 Å². The standard InChI is InChI=1S/C7H12O4/c1-9-7(8)4-6-2-3-10-5-11-6/h6H,2-5H2,1H3/t6-/m1/s1. The number of hydrogen-bond donors (Lipinski definition) is 0. The van der Waals surface area contributed by atoms with Crippen molar-refractivity contribution in [2.75, 3.05) is 20.5 Å². The van der Waals surface area contributed by atoms with Crippen LogP contribution in [0.25, 0.3) is 0 Å². The first-order chi connectivity index (χ1) is 5.33. The number of hydrogen-bond acceptors (Lipinski definition) is 4. The summed E-state index contributed by atoms with van der Waals surface area (Å²) in [6.45, 7) is 0.962. The minimum absolute atomic E-state index is 0.0174. The van der Waals surface area contributed by atoms with Gasteiger partial charge in [0.2, 0.25) is 0 Å². The number of carbonyl (C=O) groups excluding carboxylic acids is 1. The monoisotopic (exact) mass is 160 g/mol. The minimum Gasteiger partial charge on any atom is -0.469 e. The Morgan fingerprint density at radius 2 is 2.55 bits per heavy atom. The smallest absolute Gasteiger partial charge is 0.308 e. The Morgan fingerprint density at radius 3 is 3.09 bits per heavy atom. The molecule has 0 radical (unpaired) electrons. The molecule has 1 saturated heterocycles. The van der Waals surface area contributed by atoms with Crippen LogP contribution in [0.1, 0.15) is 12.8 Å². The van der Waals surface area contributed by atoms with E-state index in [0.29, 0.717) is 19.8 Å². The zero-order chi connectivity index (χ0) is 8.10. The van der Waals surface area contributed by atoms with E-state index >= 15 is 0 Å². The normalized spacial score (nSPS) is 24.6. The van der Waals surface area contributed by atoms with Gasteiger partial charge in [0.15, 0.2) is 0 Å². The minimum atomic E-state index is -0.225. The molecule has 0 spiro atoms. The molecule has 0 aromatic carbocycles. The summed E-state index contributed by atoms with van der Waals surface area (Å²) in [4.78, 5) is 10.7. The van der Waals surface area contributed by atoms with E-state index in [1.807, 2.05) is 0 Å². The fourth-order valence-electron chi connectivity index (χ4n) is 0.932. The van der Waals surface area contributed by atoms with Gasteiger partial charge in [0.25, 0.3) is 0 Å². The highest BCUT2D eigenvalue weighted by atomic mass is 16.7. The lowest BCUT2D eigenvalue weighted by Gasteiger charge is -2.21. The van der Waals surface area contributed by atoms with Gasteiger partial charge < -0.3 is 14.2 Å². The molecule has 1 heterocycles. The van der Waals surface area contributed by atoms with Gasteiger partial charge in [0.1, 0.15) is 6.79 Å². The van der Waals surface area contributed by atoms with Gasteiger partial charge in [0, 0.05) is 0 Å². The Kier molecular flexibility index (Phi) is 3.32. The van der Waals surface area contributed by atoms with Crippen molar-refractivity contribution in [2.24, 2.45) is 0 Å². The molecule has 64 valence electrons. The predicted molar refractivity (Wildman–Crippen MR) is 36.9 cm³/mol. The predicted octanol–water partition coefficient (Wildman–Crippen LogP) is 0.312. The second-order valence-electron chi connectivity index (χ2n) is 2.38. The Bertz CT molecular complexity index is 128. The highest BCUT2D eigenvalue weighted by Gasteiger charge is 2.17. The third-order valence-electron chi connectivity index (χ3n) is 1.59. The number of methoxy groups -OCH3 is 1. The third kappa shape index (κ3) is 2.86. The Balaban J connectivity index is 2.19. The zero-order valence-electron chi connectivity index (χ0n) is 6.54. The van der Waals surface area contributed by atoms with Crippen molar-refractivity contribution in [3.05, 3.63) is 0 Å². The van der Waals surface area contributed by atoms with Crippen LogP contribution in [0, 0.1) is 0 Å². The fourth-order valence-corrected chi connectivity index (χ4v) is 0.932. The quantitative estimate of drug-likeness (QED) is 0.545. The van der Waals surface area contributed by atoms with Crippen molar-refractivity contribution in [2.45, 2.75) is 18.9 Å². The second kappa shape index (κ2) is 4.31. The van der Waals surface area contributed by atoms with E-state index in [2.05, 4.69) is 4.74 Å². The second-order valence-corrected chi connectivity index (χ2v) is 2.38. The maximum Gasteiger partial charge on any atom is 0.308 e. The number of rotatable bonds is 2. The van der Waals surface area contributed by atoms with E-state index in [1.54, 1.807) is 0 Å². The van der Waals surface area contributed by atoms with Crippen LogP contribution in [-0.2, 0) is 19.0 Å². The van der Waals surface area contributed by atoms with Crippen LogP contribution in [0.15, 0.2) is 0 Å². The molecule has 4 nitrogen and oxygen atoms in total. The van der Waals surface area contributed by atoms with Crippen LogP contribution in [-0.4, -0.2) is 32.6 Å². The van der Waals surface area contributed by atoms with Crippen molar-refractivity contribution >= 4 is 5.97 Å². The molecule has 0 amide bonds. The summed E-state index contributed by atoms with van der Waals surface area (Å²) >= 11 is 0. The average molecular weight is 160 g/mol. The van der Waals surface area contributed by atoms with Crippen LogP contribution in [0.4, 0.5) is 0 Å². The summed E-state index contributed by atoms with van der Waals surface area (Å²) in [6, 6.07) is 0. The first-order valence-corrected chi connectivity index (χ1v) is 3.59. The molecule has 4 heteroatoms. The van der Waals surface area contributed by atoms with Crippen LogP contribution in [0.3, 0.4) is 0 Å². The molecule has 0 aromatic heterocycles. The molecule has 0 unspecified atom stereocenters. The molecule has 1 rings (SSSR count). The van der Waals surface area contributed by atoms with Gasteiger partial charge in [-0.1, -0.05) is 0 Å². The van der Waals surface area contributed by atoms with Crippen LogP contribution < -0.4 is 0 Å². The van der Waals surface area contributed by atoms with E-state index in [4.69, 9.17) is 9.47 Å². The molecular formula is C7H12O4. The molecule has 1 fully saturated rings. The van der Waals surface area contributed by atoms with E-state index in [1.165, 1.54) is 7.11 Å². The van der Waals surface area contributed by atoms with E-state index < -0.39 is 0 Å². The Labute approximate surface area is 65.4 Å². The molecule has 0 saturated carbocycles. The lowest BCUT2D eigenvalue weighted by Crippen LogP contribution is -2.26. The molecule has 0 aromatic rings. The third-order valence-corrected chi connectivity index (χ3v) is 1.59. The Morgan fingerprint density at radius 1 is 1.73 bits per heavy atom. The summed E-state index contributed by atoms with van der Waals surface area (Å²) in [7, 11) is 1.38. The van der Waals surface area contributed by atoms with Gasteiger partial charge in [-0.2, -0.15) is 0 Å². The summed E-state index contributed by atoms with van der Waals surface area (Å²) in [5, 5.41) is 0.